The Balaban J connectivity index is 1.59. The number of carbonyl (C=O) groups is 2. The summed E-state index contributed by atoms with van der Waals surface area (Å²) in [5, 5.41) is 14.4. The van der Waals surface area contributed by atoms with Gasteiger partial charge in [-0.3, -0.25) is 4.79 Å². The quantitative estimate of drug-likeness (QED) is 0.512. The zero-order valence-corrected chi connectivity index (χ0v) is 14.9. The standard InChI is InChI=1S/C17H14FN5O3S/c1-26-16(25)11-2-6-13(7-3-11)19-15(24)10-27-17-20-21-22-23(17)14-8-4-12(18)5-9-14/h2-9H,10H2,1H3,(H,19,24). The minimum Gasteiger partial charge on any atom is -0.465 e. The third kappa shape index (κ3) is 4.67. The molecule has 1 N–H and O–H groups in total. The van der Waals surface area contributed by atoms with Gasteiger partial charge < -0.3 is 10.1 Å². The van der Waals surface area contributed by atoms with Gasteiger partial charge in [0.2, 0.25) is 11.1 Å². The lowest BCUT2D eigenvalue weighted by Crippen LogP contribution is -2.14. The molecule has 0 aliphatic rings. The number of carbonyl (C=O) groups excluding carboxylic acids is 2. The molecule has 0 bridgehead atoms. The van der Waals surface area contributed by atoms with Gasteiger partial charge in [-0.25, -0.2) is 9.18 Å². The van der Waals surface area contributed by atoms with E-state index in [0.29, 0.717) is 22.1 Å². The molecule has 0 aliphatic heterocycles. The molecule has 138 valence electrons. The van der Waals surface area contributed by atoms with Crippen molar-refractivity contribution in [2.24, 2.45) is 0 Å². The van der Waals surface area contributed by atoms with Crippen LogP contribution in [0.2, 0.25) is 0 Å². The number of anilines is 1. The second-order valence-corrected chi connectivity index (χ2v) is 6.20. The maximum absolute atomic E-state index is 13.0. The lowest BCUT2D eigenvalue weighted by Gasteiger charge is -2.06. The molecule has 1 amide bonds. The Morgan fingerprint density at radius 3 is 2.52 bits per heavy atom. The minimum atomic E-state index is -0.448. The van der Waals surface area contributed by atoms with Crippen molar-refractivity contribution in [2.45, 2.75) is 5.16 Å². The molecule has 1 aromatic heterocycles. The number of benzene rings is 2. The Labute approximate surface area is 157 Å². The van der Waals surface area contributed by atoms with E-state index < -0.39 is 5.97 Å². The highest BCUT2D eigenvalue weighted by atomic mass is 32.2. The maximum atomic E-state index is 13.0. The van der Waals surface area contributed by atoms with Crippen molar-refractivity contribution in [2.75, 3.05) is 18.2 Å². The Hall–Kier alpha value is -3.27. The van der Waals surface area contributed by atoms with Crippen molar-refractivity contribution in [3.05, 3.63) is 59.9 Å². The normalized spacial score (nSPS) is 10.4. The first-order valence-electron chi connectivity index (χ1n) is 7.72. The van der Waals surface area contributed by atoms with Crippen molar-refractivity contribution >= 4 is 29.3 Å². The number of esters is 1. The minimum absolute atomic E-state index is 0.0698. The molecule has 0 saturated carbocycles. The summed E-state index contributed by atoms with van der Waals surface area (Å²) in [5.74, 6) is -1.01. The number of amides is 1. The van der Waals surface area contributed by atoms with Crippen LogP contribution >= 0.6 is 11.8 Å². The van der Waals surface area contributed by atoms with Gasteiger partial charge in [0.1, 0.15) is 5.82 Å². The van der Waals surface area contributed by atoms with Crippen LogP contribution in [0.4, 0.5) is 10.1 Å². The van der Waals surface area contributed by atoms with Crippen LogP contribution in [0.1, 0.15) is 10.4 Å². The summed E-state index contributed by atoms with van der Waals surface area (Å²) in [6.45, 7) is 0. The average Bonchev–Trinajstić information content (AvgIpc) is 3.15. The highest BCUT2D eigenvalue weighted by Crippen LogP contribution is 2.19. The van der Waals surface area contributed by atoms with Gasteiger partial charge in [0, 0.05) is 5.69 Å². The van der Waals surface area contributed by atoms with Crippen molar-refractivity contribution in [1.29, 1.82) is 0 Å². The number of tetrazole rings is 1. The molecule has 0 radical (unpaired) electrons. The molecule has 0 spiro atoms. The van der Waals surface area contributed by atoms with Gasteiger partial charge in [-0.15, -0.1) is 5.10 Å². The summed E-state index contributed by atoms with van der Waals surface area (Å²) in [4.78, 5) is 23.5. The molecule has 3 aromatic rings. The van der Waals surface area contributed by atoms with Gasteiger partial charge in [0.05, 0.1) is 24.1 Å². The lowest BCUT2D eigenvalue weighted by molar-refractivity contribution is -0.113. The van der Waals surface area contributed by atoms with Crippen LogP contribution < -0.4 is 5.32 Å². The van der Waals surface area contributed by atoms with Crippen LogP contribution in [-0.4, -0.2) is 44.9 Å². The molecule has 10 heteroatoms. The van der Waals surface area contributed by atoms with E-state index in [1.54, 1.807) is 36.4 Å². The van der Waals surface area contributed by atoms with Crippen molar-refractivity contribution in [3.8, 4) is 5.69 Å². The number of hydrogen-bond acceptors (Lipinski definition) is 7. The third-order valence-electron chi connectivity index (χ3n) is 3.43. The highest BCUT2D eigenvalue weighted by molar-refractivity contribution is 7.99. The number of methoxy groups -OCH3 is 1. The van der Waals surface area contributed by atoms with Crippen LogP contribution in [0, 0.1) is 5.82 Å². The van der Waals surface area contributed by atoms with E-state index >= 15 is 0 Å². The average molecular weight is 387 g/mol. The molecular formula is C17H14FN5O3S. The maximum Gasteiger partial charge on any atom is 0.337 e. The monoisotopic (exact) mass is 387 g/mol. The van der Waals surface area contributed by atoms with Gasteiger partial charge in [-0.2, -0.15) is 4.68 Å². The predicted octanol–water partition coefficient (Wildman–Crippen LogP) is 2.32. The molecule has 1 heterocycles. The number of thioether (sulfide) groups is 1. The second kappa shape index (κ2) is 8.41. The Morgan fingerprint density at radius 2 is 1.85 bits per heavy atom. The van der Waals surface area contributed by atoms with E-state index in [1.165, 1.54) is 23.9 Å². The zero-order valence-electron chi connectivity index (χ0n) is 14.1. The fourth-order valence-electron chi connectivity index (χ4n) is 2.15. The zero-order chi connectivity index (χ0) is 19.2. The molecule has 27 heavy (non-hydrogen) atoms. The predicted molar refractivity (Wildman–Crippen MR) is 96.2 cm³/mol. The summed E-state index contributed by atoms with van der Waals surface area (Å²) in [7, 11) is 1.30. The second-order valence-electron chi connectivity index (χ2n) is 5.26. The molecule has 0 saturated heterocycles. The molecule has 8 nitrogen and oxygen atoms in total. The summed E-state index contributed by atoms with van der Waals surface area (Å²) >= 11 is 1.14. The Morgan fingerprint density at radius 1 is 1.15 bits per heavy atom. The van der Waals surface area contributed by atoms with Crippen LogP contribution in [0.5, 0.6) is 0 Å². The highest BCUT2D eigenvalue weighted by Gasteiger charge is 2.12. The van der Waals surface area contributed by atoms with E-state index in [9.17, 15) is 14.0 Å². The topological polar surface area (TPSA) is 99.0 Å². The lowest BCUT2D eigenvalue weighted by atomic mass is 10.2. The summed E-state index contributed by atoms with van der Waals surface area (Å²) in [5.41, 5.74) is 1.53. The van der Waals surface area contributed by atoms with E-state index in [2.05, 4.69) is 25.6 Å². The molecule has 0 unspecified atom stereocenters. The number of hydrogen-bond donors (Lipinski definition) is 1. The smallest absolute Gasteiger partial charge is 0.337 e. The first kappa shape index (κ1) is 18.5. The first-order chi connectivity index (χ1) is 13.1. The Kier molecular flexibility index (Phi) is 5.77. The molecule has 0 atom stereocenters. The summed E-state index contributed by atoms with van der Waals surface area (Å²) in [6, 6.07) is 12.0. The van der Waals surface area contributed by atoms with Crippen molar-refractivity contribution in [1.82, 2.24) is 20.2 Å². The van der Waals surface area contributed by atoms with Crippen molar-refractivity contribution in [3.63, 3.8) is 0 Å². The number of aromatic nitrogens is 4. The van der Waals surface area contributed by atoms with Gasteiger partial charge >= 0.3 is 5.97 Å². The number of nitrogens with one attached hydrogen (secondary N) is 1. The van der Waals surface area contributed by atoms with Crippen LogP contribution in [0.3, 0.4) is 0 Å². The van der Waals surface area contributed by atoms with Crippen LogP contribution in [0.25, 0.3) is 5.69 Å². The number of rotatable bonds is 6. The number of nitrogens with zero attached hydrogens (tertiary/aromatic N) is 4. The van der Waals surface area contributed by atoms with Gasteiger partial charge in [0.15, 0.2) is 0 Å². The number of halogens is 1. The number of ether oxygens (including phenoxy) is 1. The molecule has 0 fully saturated rings. The van der Waals surface area contributed by atoms with Crippen LogP contribution in [0.15, 0.2) is 53.7 Å². The first-order valence-corrected chi connectivity index (χ1v) is 8.71. The van der Waals surface area contributed by atoms with Gasteiger partial charge in [-0.1, -0.05) is 11.8 Å². The van der Waals surface area contributed by atoms with Gasteiger partial charge in [-0.05, 0) is 59.0 Å². The fourth-order valence-corrected chi connectivity index (χ4v) is 2.84. The van der Waals surface area contributed by atoms with Crippen LogP contribution in [-0.2, 0) is 9.53 Å². The summed E-state index contributed by atoms with van der Waals surface area (Å²) in [6.07, 6.45) is 0. The molecule has 2 aromatic carbocycles. The molecule has 0 aliphatic carbocycles. The van der Waals surface area contributed by atoms with E-state index in [1.807, 2.05) is 0 Å². The molecule has 3 rings (SSSR count). The Bertz CT molecular complexity index is 944. The van der Waals surface area contributed by atoms with E-state index in [-0.39, 0.29) is 17.5 Å². The largest absolute Gasteiger partial charge is 0.465 e. The van der Waals surface area contributed by atoms with E-state index in [0.717, 1.165) is 11.8 Å². The summed E-state index contributed by atoms with van der Waals surface area (Å²) < 4.78 is 19.1. The van der Waals surface area contributed by atoms with E-state index in [4.69, 9.17) is 0 Å². The fraction of sp³-hybridized carbons (Fsp3) is 0.118. The SMILES string of the molecule is COC(=O)c1ccc(NC(=O)CSc2nnnn2-c2ccc(F)cc2)cc1. The molecular weight excluding hydrogens is 373 g/mol. The van der Waals surface area contributed by atoms with Gasteiger partial charge in [0.25, 0.3) is 0 Å². The third-order valence-corrected chi connectivity index (χ3v) is 4.35. The van der Waals surface area contributed by atoms with Crippen molar-refractivity contribution < 1.29 is 18.7 Å².